The number of nitrogens with zero attached hydrogens (tertiary/aromatic N) is 2. The standard InChI is InChI=1S/C15H9ClN2O4/c16-11-8-10(18(21)22)5-6-13(11)17-12-4-2-1-3-9(12)7-14(17)15(19)20/h1-8H,(H,19,20). The number of hydrogen-bond acceptors (Lipinski definition) is 3. The van der Waals surface area contributed by atoms with Crippen molar-refractivity contribution >= 4 is 34.2 Å². The van der Waals surface area contributed by atoms with Crippen LogP contribution < -0.4 is 0 Å². The lowest BCUT2D eigenvalue weighted by Crippen LogP contribution is -2.07. The topological polar surface area (TPSA) is 85.4 Å². The maximum absolute atomic E-state index is 11.5. The van der Waals surface area contributed by atoms with Gasteiger partial charge in [0.05, 0.1) is 21.2 Å². The summed E-state index contributed by atoms with van der Waals surface area (Å²) in [5.41, 5.74) is 0.931. The van der Waals surface area contributed by atoms with Crippen molar-refractivity contribution in [2.75, 3.05) is 0 Å². The Morgan fingerprint density at radius 3 is 2.55 bits per heavy atom. The monoisotopic (exact) mass is 316 g/mol. The van der Waals surface area contributed by atoms with Gasteiger partial charge < -0.3 is 9.67 Å². The molecule has 1 N–H and O–H groups in total. The third kappa shape index (κ3) is 2.19. The van der Waals surface area contributed by atoms with Crippen LogP contribution >= 0.6 is 11.6 Å². The van der Waals surface area contributed by atoms with E-state index in [9.17, 15) is 20.0 Å². The Morgan fingerprint density at radius 2 is 1.91 bits per heavy atom. The zero-order valence-corrected chi connectivity index (χ0v) is 11.8. The number of nitro benzene ring substituents is 1. The minimum Gasteiger partial charge on any atom is -0.477 e. The third-order valence-electron chi connectivity index (χ3n) is 3.31. The zero-order valence-electron chi connectivity index (χ0n) is 11.1. The smallest absolute Gasteiger partial charge is 0.352 e. The van der Waals surface area contributed by atoms with Crippen LogP contribution in [0.4, 0.5) is 5.69 Å². The van der Waals surface area contributed by atoms with Crippen LogP contribution in [0.1, 0.15) is 10.5 Å². The fourth-order valence-electron chi connectivity index (χ4n) is 2.36. The van der Waals surface area contributed by atoms with Gasteiger partial charge in [-0.1, -0.05) is 29.8 Å². The van der Waals surface area contributed by atoms with E-state index < -0.39 is 10.9 Å². The van der Waals surface area contributed by atoms with E-state index in [0.29, 0.717) is 11.2 Å². The molecule has 7 heteroatoms. The SMILES string of the molecule is O=C(O)c1cc2ccccc2n1-c1ccc([N+](=O)[O-])cc1Cl. The van der Waals surface area contributed by atoms with Gasteiger partial charge in [0.2, 0.25) is 0 Å². The first-order valence-electron chi connectivity index (χ1n) is 6.27. The van der Waals surface area contributed by atoms with Gasteiger partial charge in [0.25, 0.3) is 5.69 Å². The molecule has 0 atom stereocenters. The minimum absolute atomic E-state index is 0.0388. The summed E-state index contributed by atoms with van der Waals surface area (Å²) in [6.45, 7) is 0. The van der Waals surface area contributed by atoms with E-state index in [0.717, 1.165) is 5.39 Å². The molecule has 0 aliphatic heterocycles. The molecular formula is C15H9ClN2O4. The van der Waals surface area contributed by atoms with Crippen LogP contribution in [0.2, 0.25) is 5.02 Å². The summed E-state index contributed by atoms with van der Waals surface area (Å²) < 4.78 is 1.48. The number of carboxylic acid groups (broad SMARTS) is 1. The van der Waals surface area contributed by atoms with E-state index in [1.807, 2.05) is 0 Å². The van der Waals surface area contributed by atoms with Crippen LogP contribution in [0, 0.1) is 10.1 Å². The van der Waals surface area contributed by atoms with Crippen LogP contribution in [0.25, 0.3) is 16.6 Å². The van der Waals surface area contributed by atoms with Crippen molar-refractivity contribution in [3.05, 3.63) is 69.4 Å². The Balaban J connectivity index is 2.32. The second kappa shape index (κ2) is 5.16. The lowest BCUT2D eigenvalue weighted by atomic mass is 10.2. The van der Waals surface area contributed by atoms with Crippen LogP contribution in [-0.2, 0) is 0 Å². The van der Waals surface area contributed by atoms with Gasteiger partial charge in [0, 0.05) is 17.5 Å². The second-order valence-electron chi connectivity index (χ2n) is 4.62. The minimum atomic E-state index is -1.11. The summed E-state index contributed by atoms with van der Waals surface area (Å²) in [5, 5.41) is 21.0. The van der Waals surface area contributed by atoms with E-state index in [2.05, 4.69) is 0 Å². The number of aromatic nitrogens is 1. The van der Waals surface area contributed by atoms with Crippen LogP contribution in [0.5, 0.6) is 0 Å². The van der Waals surface area contributed by atoms with Gasteiger partial charge in [-0.15, -0.1) is 0 Å². The van der Waals surface area contributed by atoms with E-state index in [-0.39, 0.29) is 16.4 Å². The number of hydrogen-bond donors (Lipinski definition) is 1. The molecule has 3 rings (SSSR count). The van der Waals surface area contributed by atoms with Gasteiger partial charge in [-0.05, 0) is 18.2 Å². The van der Waals surface area contributed by atoms with Gasteiger partial charge in [-0.25, -0.2) is 4.79 Å². The molecule has 0 saturated heterocycles. The van der Waals surface area contributed by atoms with Gasteiger partial charge >= 0.3 is 5.97 Å². The average molecular weight is 317 g/mol. The number of aromatic carboxylic acids is 1. The predicted molar refractivity (Wildman–Crippen MR) is 81.9 cm³/mol. The predicted octanol–water partition coefficient (Wildman–Crippen LogP) is 3.89. The number of carboxylic acids is 1. The van der Waals surface area contributed by atoms with Gasteiger partial charge in [0.1, 0.15) is 5.69 Å². The quantitative estimate of drug-likeness (QED) is 0.586. The van der Waals surface area contributed by atoms with Crippen LogP contribution in [0.3, 0.4) is 0 Å². The lowest BCUT2D eigenvalue weighted by molar-refractivity contribution is -0.384. The molecule has 6 nitrogen and oxygen atoms in total. The van der Waals surface area contributed by atoms with Crippen molar-refractivity contribution < 1.29 is 14.8 Å². The maximum atomic E-state index is 11.5. The van der Waals surface area contributed by atoms with Crippen molar-refractivity contribution in [1.82, 2.24) is 4.57 Å². The number of rotatable bonds is 3. The van der Waals surface area contributed by atoms with E-state index in [1.54, 1.807) is 24.3 Å². The van der Waals surface area contributed by atoms with Crippen molar-refractivity contribution in [3.8, 4) is 5.69 Å². The Kier molecular flexibility index (Phi) is 3.30. The fraction of sp³-hybridized carbons (Fsp3) is 0. The van der Waals surface area contributed by atoms with Crippen molar-refractivity contribution in [3.63, 3.8) is 0 Å². The van der Waals surface area contributed by atoms with Crippen molar-refractivity contribution in [2.45, 2.75) is 0 Å². The van der Waals surface area contributed by atoms with E-state index >= 15 is 0 Å². The highest BCUT2D eigenvalue weighted by Crippen LogP contribution is 2.31. The number of nitro groups is 1. The summed E-state index contributed by atoms with van der Waals surface area (Å²) in [6.07, 6.45) is 0. The molecule has 0 radical (unpaired) electrons. The van der Waals surface area contributed by atoms with E-state index in [1.165, 1.54) is 28.8 Å². The summed E-state index contributed by atoms with van der Waals surface area (Å²) in [6, 6.07) is 12.6. The highest BCUT2D eigenvalue weighted by molar-refractivity contribution is 6.32. The van der Waals surface area contributed by atoms with Crippen molar-refractivity contribution in [2.24, 2.45) is 0 Å². The number of benzene rings is 2. The molecule has 0 saturated carbocycles. The third-order valence-corrected chi connectivity index (χ3v) is 3.62. The van der Waals surface area contributed by atoms with Crippen molar-refractivity contribution in [1.29, 1.82) is 0 Å². The van der Waals surface area contributed by atoms with Crippen LogP contribution in [-0.4, -0.2) is 20.6 Å². The molecule has 0 amide bonds. The zero-order chi connectivity index (χ0) is 15.9. The molecule has 0 bridgehead atoms. The Labute approximate surface area is 129 Å². The summed E-state index contributed by atoms with van der Waals surface area (Å²) in [5.74, 6) is -1.11. The molecule has 0 aliphatic rings. The Hall–Kier alpha value is -2.86. The number of halogens is 1. The molecule has 0 aliphatic carbocycles. The molecule has 110 valence electrons. The molecule has 0 unspecified atom stereocenters. The molecule has 1 aromatic heterocycles. The molecule has 0 fully saturated rings. The lowest BCUT2D eigenvalue weighted by Gasteiger charge is -2.10. The Morgan fingerprint density at radius 1 is 1.18 bits per heavy atom. The maximum Gasteiger partial charge on any atom is 0.352 e. The normalized spacial score (nSPS) is 10.8. The van der Waals surface area contributed by atoms with Gasteiger partial charge in [-0.2, -0.15) is 0 Å². The average Bonchev–Trinajstić information content (AvgIpc) is 2.86. The second-order valence-corrected chi connectivity index (χ2v) is 5.03. The van der Waals surface area contributed by atoms with Crippen LogP contribution in [0.15, 0.2) is 48.5 Å². The molecular weight excluding hydrogens is 308 g/mol. The van der Waals surface area contributed by atoms with E-state index in [4.69, 9.17) is 11.6 Å². The number of carbonyl (C=O) groups is 1. The number of para-hydroxylation sites is 1. The summed E-state index contributed by atoms with van der Waals surface area (Å²) in [7, 11) is 0. The number of fused-ring (bicyclic) bond motifs is 1. The molecule has 22 heavy (non-hydrogen) atoms. The highest BCUT2D eigenvalue weighted by Gasteiger charge is 2.19. The summed E-state index contributed by atoms with van der Waals surface area (Å²) >= 11 is 6.12. The first kappa shape index (κ1) is 14.1. The first-order chi connectivity index (χ1) is 10.5. The highest BCUT2D eigenvalue weighted by atomic mass is 35.5. The molecule has 0 spiro atoms. The molecule has 1 heterocycles. The first-order valence-corrected chi connectivity index (χ1v) is 6.65. The molecule has 2 aromatic carbocycles. The number of non-ortho nitro benzene ring substituents is 1. The van der Waals surface area contributed by atoms with Gasteiger partial charge in [0.15, 0.2) is 0 Å². The largest absolute Gasteiger partial charge is 0.477 e. The van der Waals surface area contributed by atoms with Gasteiger partial charge in [-0.3, -0.25) is 10.1 Å². The molecule has 3 aromatic rings. The summed E-state index contributed by atoms with van der Waals surface area (Å²) in [4.78, 5) is 21.7. The Bertz CT molecular complexity index is 917. The fourth-order valence-corrected chi connectivity index (χ4v) is 2.62.